The van der Waals surface area contributed by atoms with Gasteiger partial charge < -0.3 is 15.3 Å². The minimum Gasteiger partial charge on any atom is -0.386 e. The van der Waals surface area contributed by atoms with Gasteiger partial charge in [-0.2, -0.15) is 0 Å². The Hall–Kier alpha value is -0.260. The van der Waals surface area contributed by atoms with Crippen molar-refractivity contribution < 1.29 is 9.90 Å². The predicted molar refractivity (Wildman–Crippen MR) is 74.8 cm³/mol. The van der Waals surface area contributed by atoms with E-state index in [9.17, 15) is 9.90 Å². The number of piperidine rings is 1. The second-order valence-electron chi connectivity index (χ2n) is 5.48. The summed E-state index contributed by atoms with van der Waals surface area (Å²) in [6.45, 7) is 5.28. The lowest BCUT2D eigenvalue weighted by Gasteiger charge is -2.46. The summed E-state index contributed by atoms with van der Waals surface area (Å²) in [6, 6.07) is 0. The van der Waals surface area contributed by atoms with Crippen LogP contribution in [0.25, 0.3) is 0 Å². The van der Waals surface area contributed by atoms with Gasteiger partial charge in [-0.3, -0.25) is 4.79 Å². The van der Waals surface area contributed by atoms with Crippen molar-refractivity contribution in [2.24, 2.45) is 0 Å². The van der Waals surface area contributed by atoms with E-state index in [2.05, 4.69) is 12.2 Å². The molecule has 0 bridgehead atoms. The number of carbonyl (C=O) groups is 1. The number of nitrogens with zero attached hydrogens (tertiary/aromatic N) is 1. The van der Waals surface area contributed by atoms with Gasteiger partial charge in [0, 0.05) is 5.25 Å². The monoisotopic (exact) mass is 272 g/mol. The molecule has 4 nitrogen and oxygen atoms in total. The highest BCUT2D eigenvalue weighted by atomic mass is 32.2. The summed E-state index contributed by atoms with van der Waals surface area (Å²) in [6.07, 6.45) is 4.11. The van der Waals surface area contributed by atoms with Gasteiger partial charge in [0.05, 0.1) is 24.4 Å². The molecule has 2 N–H and O–H groups in total. The third-order valence-electron chi connectivity index (χ3n) is 3.77. The Bertz CT molecular complexity index is 287. The molecule has 0 atom stereocenters. The van der Waals surface area contributed by atoms with Crippen LogP contribution in [0.1, 0.15) is 32.6 Å². The number of thioether (sulfide) groups is 1. The van der Waals surface area contributed by atoms with Crippen molar-refractivity contribution in [3.8, 4) is 0 Å². The SMILES string of the molecule is CCCC1(O)CN(C(=O)CSC2CCNCC2)C1. The Morgan fingerprint density at radius 1 is 1.44 bits per heavy atom. The Labute approximate surface area is 113 Å². The minimum absolute atomic E-state index is 0.194. The van der Waals surface area contributed by atoms with E-state index in [-0.39, 0.29) is 5.91 Å². The van der Waals surface area contributed by atoms with E-state index in [1.54, 1.807) is 16.7 Å². The third-order valence-corrected chi connectivity index (χ3v) is 5.12. The molecule has 1 amide bonds. The molecule has 2 rings (SSSR count). The maximum atomic E-state index is 11.9. The molecule has 0 aliphatic carbocycles. The van der Waals surface area contributed by atoms with Gasteiger partial charge in [-0.25, -0.2) is 0 Å². The zero-order valence-electron chi connectivity index (χ0n) is 11.2. The smallest absolute Gasteiger partial charge is 0.232 e. The normalized spacial score (nSPS) is 23.8. The molecule has 2 heterocycles. The predicted octanol–water partition coefficient (Wildman–Crippen LogP) is 0.845. The number of β-amino-alcohol motifs (C(OH)–C–C–N with tert-alkyl or cyclic N) is 1. The Morgan fingerprint density at radius 3 is 2.72 bits per heavy atom. The highest BCUT2D eigenvalue weighted by molar-refractivity contribution is 8.00. The fraction of sp³-hybridized carbons (Fsp3) is 0.923. The summed E-state index contributed by atoms with van der Waals surface area (Å²) < 4.78 is 0. The molecule has 2 aliphatic heterocycles. The van der Waals surface area contributed by atoms with Crippen LogP contribution in [0.3, 0.4) is 0 Å². The fourth-order valence-corrected chi connectivity index (χ4v) is 3.84. The maximum absolute atomic E-state index is 11.9. The lowest BCUT2D eigenvalue weighted by molar-refractivity contribution is -0.153. The molecule has 2 saturated heterocycles. The lowest BCUT2D eigenvalue weighted by Crippen LogP contribution is -2.63. The van der Waals surface area contributed by atoms with Crippen LogP contribution < -0.4 is 5.32 Å². The summed E-state index contributed by atoms with van der Waals surface area (Å²) in [4.78, 5) is 13.7. The first-order valence-electron chi connectivity index (χ1n) is 6.95. The van der Waals surface area contributed by atoms with Gasteiger partial charge in [0.2, 0.25) is 5.91 Å². The fourth-order valence-electron chi connectivity index (χ4n) is 2.71. The number of nitrogens with one attached hydrogen (secondary N) is 1. The van der Waals surface area contributed by atoms with Crippen LogP contribution in [-0.4, -0.2) is 58.7 Å². The minimum atomic E-state index is -0.593. The van der Waals surface area contributed by atoms with Crippen LogP contribution in [0.5, 0.6) is 0 Å². The van der Waals surface area contributed by atoms with E-state index in [1.165, 1.54) is 0 Å². The molecule has 0 saturated carbocycles. The van der Waals surface area contributed by atoms with Crippen molar-refractivity contribution >= 4 is 17.7 Å². The highest BCUT2D eigenvalue weighted by Crippen LogP contribution is 2.27. The first-order chi connectivity index (χ1) is 8.63. The zero-order chi connectivity index (χ0) is 13.0. The number of rotatable bonds is 5. The van der Waals surface area contributed by atoms with E-state index in [0.717, 1.165) is 38.8 Å². The van der Waals surface area contributed by atoms with Crippen molar-refractivity contribution in [2.45, 2.75) is 43.5 Å². The standard InChI is InChI=1S/C13H24N2O2S/c1-2-5-13(17)9-15(10-13)12(16)8-18-11-3-6-14-7-4-11/h11,14,17H,2-10H2,1H3. The van der Waals surface area contributed by atoms with Crippen molar-refractivity contribution in [1.82, 2.24) is 10.2 Å². The third kappa shape index (κ3) is 3.62. The molecule has 0 unspecified atom stereocenters. The quantitative estimate of drug-likeness (QED) is 0.779. The molecule has 0 aromatic rings. The van der Waals surface area contributed by atoms with Crippen LogP contribution in [0.4, 0.5) is 0 Å². The Morgan fingerprint density at radius 2 is 2.11 bits per heavy atom. The maximum Gasteiger partial charge on any atom is 0.232 e. The average molecular weight is 272 g/mol. The zero-order valence-corrected chi connectivity index (χ0v) is 12.0. The number of carbonyl (C=O) groups excluding carboxylic acids is 1. The van der Waals surface area contributed by atoms with Gasteiger partial charge in [-0.1, -0.05) is 13.3 Å². The van der Waals surface area contributed by atoms with Crippen LogP contribution in [0.15, 0.2) is 0 Å². The molecule has 5 heteroatoms. The molecule has 18 heavy (non-hydrogen) atoms. The highest BCUT2D eigenvalue weighted by Gasteiger charge is 2.42. The van der Waals surface area contributed by atoms with Crippen LogP contribution in [0, 0.1) is 0 Å². The van der Waals surface area contributed by atoms with Crippen LogP contribution >= 0.6 is 11.8 Å². The first kappa shape index (κ1) is 14.2. The Kier molecular flexibility index (Phi) is 4.92. The van der Waals surface area contributed by atoms with Crippen molar-refractivity contribution in [1.29, 1.82) is 0 Å². The van der Waals surface area contributed by atoms with E-state index in [0.29, 0.717) is 24.1 Å². The van der Waals surface area contributed by atoms with Gasteiger partial charge in [-0.15, -0.1) is 11.8 Å². The molecule has 0 aromatic heterocycles. The summed E-state index contributed by atoms with van der Waals surface area (Å²) in [5.41, 5.74) is -0.593. The molecule has 0 spiro atoms. The number of aliphatic hydroxyl groups is 1. The van der Waals surface area contributed by atoms with Crippen LogP contribution in [0.2, 0.25) is 0 Å². The van der Waals surface area contributed by atoms with E-state index in [4.69, 9.17) is 0 Å². The van der Waals surface area contributed by atoms with E-state index in [1.807, 2.05) is 0 Å². The van der Waals surface area contributed by atoms with Gasteiger partial charge in [0.15, 0.2) is 0 Å². The van der Waals surface area contributed by atoms with Gasteiger partial charge >= 0.3 is 0 Å². The second kappa shape index (κ2) is 6.26. The molecule has 104 valence electrons. The summed E-state index contributed by atoms with van der Waals surface area (Å²) >= 11 is 1.78. The largest absolute Gasteiger partial charge is 0.386 e. The molecule has 0 radical (unpaired) electrons. The van der Waals surface area contributed by atoms with Gasteiger partial charge in [0.25, 0.3) is 0 Å². The van der Waals surface area contributed by atoms with Gasteiger partial charge in [0.1, 0.15) is 0 Å². The molecular weight excluding hydrogens is 248 g/mol. The van der Waals surface area contributed by atoms with Crippen molar-refractivity contribution in [2.75, 3.05) is 31.9 Å². The van der Waals surface area contributed by atoms with Crippen LogP contribution in [-0.2, 0) is 4.79 Å². The van der Waals surface area contributed by atoms with E-state index >= 15 is 0 Å². The number of hydrogen-bond acceptors (Lipinski definition) is 4. The topological polar surface area (TPSA) is 52.6 Å². The molecular formula is C13H24N2O2S. The van der Waals surface area contributed by atoms with E-state index < -0.39 is 5.60 Å². The molecule has 2 aliphatic rings. The lowest BCUT2D eigenvalue weighted by atomic mass is 9.89. The van der Waals surface area contributed by atoms with Crippen molar-refractivity contribution in [3.63, 3.8) is 0 Å². The Balaban J connectivity index is 1.64. The number of likely N-dealkylation sites (tertiary alicyclic amines) is 1. The molecule has 0 aromatic carbocycles. The van der Waals surface area contributed by atoms with Gasteiger partial charge in [-0.05, 0) is 32.4 Å². The summed E-state index contributed by atoms with van der Waals surface area (Å²) in [5, 5.41) is 14.0. The summed E-state index contributed by atoms with van der Waals surface area (Å²) in [7, 11) is 0. The first-order valence-corrected chi connectivity index (χ1v) is 8.00. The number of hydrogen-bond donors (Lipinski definition) is 2. The summed E-state index contributed by atoms with van der Waals surface area (Å²) in [5.74, 6) is 0.770. The van der Waals surface area contributed by atoms with Crippen molar-refractivity contribution in [3.05, 3.63) is 0 Å². The number of amides is 1. The molecule has 2 fully saturated rings. The average Bonchev–Trinajstić information content (AvgIpc) is 2.34. The second-order valence-corrected chi connectivity index (χ2v) is 6.77.